The van der Waals surface area contributed by atoms with Crippen LogP contribution < -0.4 is 10.2 Å². The van der Waals surface area contributed by atoms with Crippen molar-refractivity contribution in [1.82, 2.24) is 10.1 Å². The number of benzene rings is 2. The van der Waals surface area contributed by atoms with Gasteiger partial charge in [-0.25, -0.2) is 0 Å². The SMILES string of the molecule is CCOCCCNc1cc(N2CCN(C)CC2)c2noc3c2c1C(=O)c1ccccc1-3. The molecular formula is C24H28N4O3. The quantitative estimate of drug-likeness (QED) is 0.458. The number of nitrogens with one attached hydrogen (secondary N) is 1. The normalized spacial score (nSPS) is 16.1. The number of fused-ring (bicyclic) bond motifs is 2. The number of likely N-dealkylation sites (N-methyl/N-ethyl adjacent to an activating group) is 1. The van der Waals surface area contributed by atoms with Crippen molar-refractivity contribution >= 4 is 28.1 Å². The first-order valence-corrected chi connectivity index (χ1v) is 11.0. The van der Waals surface area contributed by atoms with E-state index in [2.05, 4.69) is 33.4 Å². The maximum atomic E-state index is 13.5. The van der Waals surface area contributed by atoms with E-state index in [1.54, 1.807) is 0 Å². The van der Waals surface area contributed by atoms with Crippen LogP contribution in [0.3, 0.4) is 0 Å². The van der Waals surface area contributed by atoms with Crippen LogP contribution in [0.1, 0.15) is 29.3 Å². The van der Waals surface area contributed by atoms with Crippen molar-refractivity contribution in [2.24, 2.45) is 0 Å². The second-order valence-electron chi connectivity index (χ2n) is 8.20. The Bertz CT molecular complexity index is 1120. The van der Waals surface area contributed by atoms with Gasteiger partial charge in [0.05, 0.1) is 16.6 Å². The highest BCUT2D eigenvalue weighted by molar-refractivity contribution is 6.28. The third kappa shape index (κ3) is 3.47. The number of anilines is 2. The summed E-state index contributed by atoms with van der Waals surface area (Å²) in [5, 5.41) is 8.78. The van der Waals surface area contributed by atoms with Crippen LogP contribution >= 0.6 is 0 Å². The van der Waals surface area contributed by atoms with Gasteiger partial charge < -0.3 is 24.4 Å². The van der Waals surface area contributed by atoms with Crippen molar-refractivity contribution in [3.05, 3.63) is 41.5 Å². The average molecular weight is 421 g/mol. The zero-order valence-corrected chi connectivity index (χ0v) is 18.1. The van der Waals surface area contributed by atoms with E-state index in [9.17, 15) is 4.79 Å². The summed E-state index contributed by atoms with van der Waals surface area (Å²) in [5.41, 5.74) is 4.80. The Morgan fingerprint density at radius 3 is 2.71 bits per heavy atom. The Morgan fingerprint density at radius 1 is 1.16 bits per heavy atom. The highest BCUT2D eigenvalue weighted by Gasteiger charge is 2.33. The standard InChI is InChI=1S/C24H28N4O3/c1-3-30-14-6-9-25-18-15-19(28-12-10-27(2)11-13-28)22-21-20(18)23(29)16-7-4-5-8-17(16)24(21)31-26-22/h4-5,7-8,15,25H,3,6,9-14H2,1-2H3. The van der Waals surface area contributed by atoms with Gasteiger partial charge in [0.2, 0.25) is 0 Å². The summed E-state index contributed by atoms with van der Waals surface area (Å²) < 4.78 is 11.3. The molecule has 0 spiro atoms. The van der Waals surface area contributed by atoms with Gasteiger partial charge in [-0.05, 0) is 26.5 Å². The molecular weight excluding hydrogens is 392 g/mol. The van der Waals surface area contributed by atoms with Crippen LogP contribution in [0.4, 0.5) is 11.4 Å². The lowest BCUT2D eigenvalue weighted by Gasteiger charge is -2.34. The first kappa shape index (κ1) is 20.0. The van der Waals surface area contributed by atoms with Crippen LogP contribution in [-0.2, 0) is 4.74 Å². The largest absolute Gasteiger partial charge is 0.384 e. The molecule has 1 aliphatic heterocycles. The third-order valence-corrected chi connectivity index (χ3v) is 6.21. The molecule has 5 rings (SSSR count). The number of rotatable bonds is 7. The predicted molar refractivity (Wildman–Crippen MR) is 122 cm³/mol. The lowest BCUT2D eigenvalue weighted by molar-refractivity contribution is 0.104. The van der Waals surface area contributed by atoms with E-state index in [-0.39, 0.29) is 5.78 Å². The second-order valence-corrected chi connectivity index (χ2v) is 8.20. The monoisotopic (exact) mass is 420 g/mol. The fraction of sp³-hybridized carbons (Fsp3) is 0.417. The molecule has 7 heteroatoms. The molecule has 31 heavy (non-hydrogen) atoms. The van der Waals surface area contributed by atoms with E-state index in [0.717, 1.165) is 67.0 Å². The fourth-order valence-corrected chi connectivity index (χ4v) is 4.51. The van der Waals surface area contributed by atoms with E-state index in [1.807, 2.05) is 31.2 Å². The van der Waals surface area contributed by atoms with E-state index in [0.29, 0.717) is 30.1 Å². The minimum Gasteiger partial charge on any atom is -0.384 e. The highest BCUT2D eigenvalue weighted by Crippen LogP contribution is 2.45. The molecule has 3 aromatic rings. The van der Waals surface area contributed by atoms with Crippen molar-refractivity contribution < 1.29 is 14.1 Å². The Labute approximate surface area is 181 Å². The number of piperazine rings is 1. The second kappa shape index (κ2) is 8.32. The average Bonchev–Trinajstić information content (AvgIpc) is 3.23. The van der Waals surface area contributed by atoms with E-state index in [1.165, 1.54) is 0 Å². The number of ether oxygens (including phenoxy) is 1. The molecule has 0 amide bonds. The minimum atomic E-state index is 0.0218. The molecule has 1 N–H and O–H groups in total. The molecule has 2 aliphatic rings. The molecule has 0 unspecified atom stereocenters. The van der Waals surface area contributed by atoms with E-state index in [4.69, 9.17) is 9.26 Å². The smallest absolute Gasteiger partial charge is 0.196 e. The lowest BCUT2D eigenvalue weighted by Crippen LogP contribution is -2.44. The number of carbonyl (C=O) groups is 1. The molecule has 1 aliphatic carbocycles. The molecule has 2 aromatic carbocycles. The molecule has 0 atom stereocenters. The summed E-state index contributed by atoms with van der Waals surface area (Å²) in [7, 11) is 2.14. The summed E-state index contributed by atoms with van der Waals surface area (Å²) in [6, 6.07) is 9.71. The zero-order valence-electron chi connectivity index (χ0n) is 18.1. The number of hydrogen-bond donors (Lipinski definition) is 1. The van der Waals surface area contributed by atoms with Gasteiger partial charge in [0, 0.05) is 62.8 Å². The van der Waals surface area contributed by atoms with Crippen LogP contribution in [0, 0.1) is 0 Å². The van der Waals surface area contributed by atoms with Crippen molar-refractivity contribution in [3.8, 4) is 11.3 Å². The van der Waals surface area contributed by atoms with Gasteiger partial charge in [0.15, 0.2) is 11.5 Å². The number of aromatic nitrogens is 1. The van der Waals surface area contributed by atoms with Crippen LogP contribution in [-0.4, -0.2) is 68.8 Å². The molecule has 7 nitrogen and oxygen atoms in total. The van der Waals surface area contributed by atoms with Crippen LogP contribution in [0.5, 0.6) is 0 Å². The minimum absolute atomic E-state index is 0.0218. The highest BCUT2D eigenvalue weighted by atomic mass is 16.5. The number of carbonyl (C=O) groups excluding carboxylic acids is 1. The van der Waals surface area contributed by atoms with Crippen LogP contribution in [0.25, 0.3) is 22.2 Å². The Kier molecular flexibility index (Phi) is 5.38. The van der Waals surface area contributed by atoms with Crippen LogP contribution in [0.15, 0.2) is 34.9 Å². The summed E-state index contributed by atoms with van der Waals surface area (Å²) in [4.78, 5) is 18.2. The molecule has 2 heterocycles. The van der Waals surface area contributed by atoms with Crippen LogP contribution in [0.2, 0.25) is 0 Å². The molecule has 1 aromatic heterocycles. The lowest BCUT2D eigenvalue weighted by atomic mass is 9.86. The summed E-state index contributed by atoms with van der Waals surface area (Å²) >= 11 is 0. The van der Waals surface area contributed by atoms with Gasteiger partial charge in [-0.1, -0.05) is 29.4 Å². The van der Waals surface area contributed by atoms with Crippen molar-refractivity contribution in [3.63, 3.8) is 0 Å². The van der Waals surface area contributed by atoms with Gasteiger partial charge in [0.1, 0.15) is 5.52 Å². The zero-order chi connectivity index (χ0) is 21.4. The summed E-state index contributed by atoms with van der Waals surface area (Å²) in [6.07, 6.45) is 0.871. The first-order chi connectivity index (χ1) is 15.2. The summed E-state index contributed by atoms with van der Waals surface area (Å²) in [6.45, 7) is 7.96. The number of hydrogen-bond acceptors (Lipinski definition) is 7. The van der Waals surface area contributed by atoms with Gasteiger partial charge in [-0.2, -0.15) is 0 Å². The summed E-state index contributed by atoms with van der Waals surface area (Å²) in [5.74, 6) is 0.710. The Balaban J connectivity index is 1.61. The fourth-order valence-electron chi connectivity index (χ4n) is 4.51. The predicted octanol–water partition coefficient (Wildman–Crippen LogP) is 3.63. The Hall–Kier alpha value is -2.90. The molecule has 0 saturated carbocycles. The van der Waals surface area contributed by atoms with Gasteiger partial charge >= 0.3 is 0 Å². The first-order valence-electron chi connectivity index (χ1n) is 11.0. The van der Waals surface area contributed by atoms with Gasteiger partial charge in [0.25, 0.3) is 0 Å². The maximum absolute atomic E-state index is 13.5. The van der Waals surface area contributed by atoms with E-state index < -0.39 is 0 Å². The van der Waals surface area contributed by atoms with E-state index >= 15 is 0 Å². The third-order valence-electron chi connectivity index (χ3n) is 6.21. The molecule has 0 bridgehead atoms. The number of nitrogens with zero attached hydrogens (tertiary/aromatic N) is 3. The molecule has 162 valence electrons. The van der Waals surface area contributed by atoms with Crippen molar-refractivity contribution in [2.45, 2.75) is 13.3 Å². The molecule has 1 saturated heterocycles. The van der Waals surface area contributed by atoms with Crippen molar-refractivity contribution in [1.29, 1.82) is 0 Å². The Morgan fingerprint density at radius 2 is 1.94 bits per heavy atom. The maximum Gasteiger partial charge on any atom is 0.196 e. The van der Waals surface area contributed by atoms with Crippen molar-refractivity contribution in [2.75, 3.05) is 63.2 Å². The van der Waals surface area contributed by atoms with Gasteiger partial charge in [-0.3, -0.25) is 4.79 Å². The van der Waals surface area contributed by atoms with Gasteiger partial charge in [-0.15, -0.1) is 0 Å². The molecule has 0 radical (unpaired) electrons. The topological polar surface area (TPSA) is 70.8 Å². The number of ketones is 1. The molecule has 1 fully saturated rings.